The van der Waals surface area contributed by atoms with Crippen molar-refractivity contribution in [1.29, 1.82) is 0 Å². The molecule has 0 atom stereocenters. The fourth-order valence-electron chi connectivity index (χ4n) is 7.12. The Morgan fingerprint density at radius 2 is 1.60 bits per heavy atom. The van der Waals surface area contributed by atoms with Gasteiger partial charge in [0.25, 0.3) is 0 Å². The normalized spacial score (nSPS) is 27.1. The summed E-state index contributed by atoms with van der Waals surface area (Å²) >= 11 is 12.3. The molecule has 2 aromatic rings. The molecule has 4 bridgehead atoms. The number of halogens is 2. The zero-order chi connectivity index (χ0) is 24.8. The maximum Gasteiger partial charge on any atom is 0.232 e. The minimum absolute atomic E-state index is 0.136. The third kappa shape index (κ3) is 5.35. The lowest BCUT2D eigenvalue weighted by molar-refractivity contribution is -0.116. The van der Waals surface area contributed by atoms with Crippen LogP contribution in [0.1, 0.15) is 56.9 Å². The molecule has 2 aromatic carbocycles. The average Bonchev–Trinajstić information content (AvgIpc) is 2.77. The largest absolute Gasteiger partial charge is 0.326 e. The molecule has 0 unspecified atom stereocenters. The summed E-state index contributed by atoms with van der Waals surface area (Å²) in [6.45, 7) is 0.136. The fraction of sp³-hybridized carbons (Fsp3) is 0.519. The molecule has 35 heavy (non-hydrogen) atoms. The number of hydrogen-bond donors (Lipinski definition) is 1. The molecule has 0 aliphatic heterocycles. The van der Waals surface area contributed by atoms with Gasteiger partial charge in [-0.3, -0.25) is 9.10 Å². The molecule has 8 heteroatoms. The second kappa shape index (κ2) is 9.60. The molecule has 1 N–H and O–H groups in total. The summed E-state index contributed by atoms with van der Waals surface area (Å²) in [5, 5.41) is 3.65. The lowest BCUT2D eigenvalue weighted by Crippen LogP contribution is -2.48. The lowest BCUT2D eigenvalue weighted by Gasteiger charge is -2.57. The van der Waals surface area contributed by atoms with Crippen LogP contribution in [0.3, 0.4) is 0 Å². The first kappa shape index (κ1) is 24.9. The molecular formula is C27H32Cl2N2O3S. The summed E-state index contributed by atoms with van der Waals surface area (Å²) in [4.78, 5) is 12.6. The van der Waals surface area contributed by atoms with E-state index in [1.54, 1.807) is 12.1 Å². The molecule has 188 valence electrons. The highest BCUT2D eigenvalue weighted by molar-refractivity contribution is 7.92. The van der Waals surface area contributed by atoms with Gasteiger partial charge >= 0.3 is 0 Å². The van der Waals surface area contributed by atoms with Gasteiger partial charge in [-0.1, -0.05) is 35.3 Å². The monoisotopic (exact) mass is 534 g/mol. The van der Waals surface area contributed by atoms with Crippen LogP contribution in [0.25, 0.3) is 0 Å². The molecular weight excluding hydrogens is 503 g/mol. The van der Waals surface area contributed by atoms with Gasteiger partial charge in [-0.25, -0.2) is 8.42 Å². The standard InChI is InChI=1S/C27H32Cl2N2O3S/c1-35(33,34)31(25-14-22(28)6-9-24(25)29)10-2-3-26(32)30-23-7-4-21(5-8-23)27-15-18-11-19(16-27)13-20(12-18)17-27/h4-9,14,18-20H,2-3,10-13,15-17H2,1H3,(H,30,32). The van der Waals surface area contributed by atoms with Gasteiger partial charge in [0.2, 0.25) is 15.9 Å². The molecule has 0 radical (unpaired) electrons. The Kier molecular flexibility index (Phi) is 6.84. The quantitative estimate of drug-likeness (QED) is 0.412. The van der Waals surface area contributed by atoms with Gasteiger partial charge in [-0.05, 0) is 104 Å². The summed E-state index contributed by atoms with van der Waals surface area (Å²) < 4.78 is 25.9. The molecule has 4 saturated carbocycles. The molecule has 4 fully saturated rings. The number of amides is 1. The second-order valence-corrected chi connectivity index (χ2v) is 13.6. The highest BCUT2D eigenvalue weighted by atomic mass is 35.5. The number of benzene rings is 2. The van der Waals surface area contributed by atoms with Crippen molar-refractivity contribution in [3.8, 4) is 0 Å². The van der Waals surface area contributed by atoms with Gasteiger partial charge in [0.1, 0.15) is 0 Å². The van der Waals surface area contributed by atoms with E-state index in [0.717, 1.165) is 29.7 Å². The average molecular weight is 536 g/mol. The number of sulfonamides is 1. The molecule has 0 spiro atoms. The third-order valence-electron chi connectivity index (χ3n) is 8.16. The molecule has 4 aliphatic carbocycles. The van der Waals surface area contributed by atoms with Crippen molar-refractivity contribution < 1.29 is 13.2 Å². The lowest BCUT2D eigenvalue weighted by atomic mass is 9.48. The Bertz CT molecular complexity index is 1180. The van der Waals surface area contributed by atoms with Crippen molar-refractivity contribution in [2.24, 2.45) is 17.8 Å². The van der Waals surface area contributed by atoms with Crippen molar-refractivity contribution in [3.05, 3.63) is 58.1 Å². The minimum atomic E-state index is -3.58. The van der Waals surface area contributed by atoms with E-state index in [1.165, 1.54) is 54.5 Å². The Labute approximate surface area is 218 Å². The van der Waals surface area contributed by atoms with Crippen LogP contribution in [0.15, 0.2) is 42.5 Å². The van der Waals surface area contributed by atoms with E-state index in [1.807, 2.05) is 12.1 Å². The number of rotatable bonds is 8. The van der Waals surface area contributed by atoms with Gasteiger partial charge in [0.15, 0.2) is 0 Å². The molecule has 6 rings (SSSR count). The Balaban J connectivity index is 1.18. The first-order valence-corrected chi connectivity index (χ1v) is 15.0. The number of anilines is 2. The summed E-state index contributed by atoms with van der Waals surface area (Å²) in [6.07, 6.45) is 9.90. The van der Waals surface area contributed by atoms with E-state index >= 15 is 0 Å². The topological polar surface area (TPSA) is 66.5 Å². The summed E-state index contributed by atoms with van der Waals surface area (Å²) in [5.74, 6) is 2.55. The van der Waals surface area contributed by atoms with Crippen molar-refractivity contribution in [2.75, 3.05) is 22.4 Å². The zero-order valence-electron chi connectivity index (χ0n) is 20.0. The second-order valence-electron chi connectivity index (χ2n) is 10.9. The highest BCUT2D eigenvalue weighted by Crippen LogP contribution is 2.60. The molecule has 1 amide bonds. The van der Waals surface area contributed by atoms with Gasteiger partial charge < -0.3 is 5.32 Å². The van der Waals surface area contributed by atoms with Crippen molar-refractivity contribution in [2.45, 2.75) is 56.8 Å². The van der Waals surface area contributed by atoms with E-state index in [2.05, 4.69) is 17.4 Å². The van der Waals surface area contributed by atoms with Crippen molar-refractivity contribution in [1.82, 2.24) is 0 Å². The van der Waals surface area contributed by atoms with E-state index in [-0.39, 0.29) is 18.9 Å². The maximum atomic E-state index is 12.6. The van der Waals surface area contributed by atoms with E-state index in [9.17, 15) is 13.2 Å². The van der Waals surface area contributed by atoms with Crippen LogP contribution in [0.4, 0.5) is 11.4 Å². The van der Waals surface area contributed by atoms with Crippen molar-refractivity contribution >= 4 is 50.5 Å². The van der Waals surface area contributed by atoms with Crippen LogP contribution in [0.2, 0.25) is 10.0 Å². The Hall–Kier alpha value is -1.76. The van der Waals surface area contributed by atoms with Gasteiger partial charge in [-0.2, -0.15) is 0 Å². The van der Waals surface area contributed by atoms with Crippen LogP contribution < -0.4 is 9.62 Å². The van der Waals surface area contributed by atoms with Crippen LogP contribution in [-0.4, -0.2) is 27.1 Å². The summed E-state index contributed by atoms with van der Waals surface area (Å²) in [5.41, 5.74) is 2.87. The Morgan fingerprint density at radius 3 is 2.17 bits per heavy atom. The number of hydrogen-bond acceptors (Lipinski definition) is 3. The molecule has 0 aromatic heterocycles. The first-order valence-electron chi connectivity index (χ1n) is 12.4. The predicted octanol–water partition coefficient (Wildman–Crippen LogP) is 6.65. The molecule has 4 aliphatic rings. The number of carbonyl (C=O) groups excluding carboxylic acids is 1. The molecule has 5 nitrogen and oxygen atoms in total. The van der Waals surface area contributed by atoms with Gasteiger partial charge in [0, 0.05) is 23.7 Å². The van der Waals surface area contributed by atoms with Crippen molar-refractivity contribution in [3.63, 3.8) is 0 Å². The van der Waals surface area contributed by atoms with Crippen LogP contribution >= 0.6 is 23.2 Å². The van der Waals surface area contributed by atoms with E-state index in [0.29, 0.717) is 27.6 Å². The first-order chi connectivity index (χ1) is 16.6. The number of nitrogens with one attached hydrogen (secondary N) is 1. The number of nitrogens with zero attached hydrogens (tertiary/aromatic N) is 1. The van der Waals surface area contributed by atoms with Crippen LogP contribution in [-0.2, 0) is 20.2 Å². The van der Waals surface area contributed by atoms with E-state index < -0.39 is 10.0 Å². The van der Waals surface area contributed by atoms with Crippen LogP contribution in [0, 0.1) is 17.8 Å². The molecule has 0 saturated heterocycles. The SMILES string of the molecule is CS(=O)(=O)N(CCCC(=O)Nc1ccc(C23CC4CC(CC(C4)C2)C3)cc1)c1cc(Cl)ccc1Cl. The fourth-order valence-corrected chi connectivity index (χ4v) is 8.53. The highest BCUT2D eigenvalue weighted by Gasteiger charge is 2.51. The smallest absolute Gasteiger partial charge is 0.232 e. The molecule has 0 heterocycles. The van der Waals surface area contributed by atoms with Crippen LogP contribution in [0.5, 0.6) is 0 Å². The summed E-state index contributed by atoms with van der Waals surface area (Å²) in [7, 11) is -3.58. The Morgan fingerprint density at radius 1 is 1.00 bits per heavy atom. The van der Waals surface area contributed by atoms with Gasteiger partial charge in [0.05, 0.1) is 17.0 Å². The zero-order valence-corrected chi connectivity index (χ0v) is 22.3. The predicted molar refractivity (Wildman–Crippen MR) is 143 cm³/mol. The van der Waals surface area contributed by atoms with Gasteiger partial charge in [-0.15, -0.1) is 0 Å². The van der Waals surface area contributed by atoms with E-state index in [4.69, 9.17) is 23.2 Å². The minimum Gasteiger partial charge on any atom is -0.326 e. The maximum absolute atomic E-state index is 12.6. The summed E-state index contributed by atoms with van der Waals surface area (Å²) in [6, 6.07) is 13.1. The third-order valence-corrected chi connectivity index (χ3v) is 9.90. The number of carbonyl (C=O) groups is 1.